The number of nitrogens with zero attached hydrogens (tertiary/aromatic N) is 2. The average Bonchev–Trinajstić information content (AvgIpc) is 3.15. The molecule has 1 aromatic rings. The zero-order chi connectivity index (χ0) is 21.9. The monoisotopic (exact) mass is 440 g/mol. The zero-order valence-electron chi connectivity index (χ0n) is 17.1. The summed E-state index contributed by atoms with van der Waals surface area (Å²) in [5.74, 6) is -1.79. The first-order chi connectivity index (χ1) is 14.2. The Balaban J connectivity index is 1.85. The molecule has 1 saturated carbocycles. The zero-order valence-corrected chi connectivity index (χ0v) is 17.9. The summed E-state index contributed by atoms with van der Waals surface area (Å²) in [4.78, 5) is 27.4. The van der Waals surface area contributed by atoms with Gasteiger partial charge in [0.05, 0.1) is 5.75 Å². The molecule has 30 heavy (non-hydrogen) atoms. The van der Waals surface area contributed by atoms with Crippen molar-refractivity contribution in [3.05, 3.63) is 35.6 Å². The summed E-state index contributed by atoms with van der Waals surface area (Å²) < 4.78 is 40.3. The van der Waals surface area contributed by atoms with Crippen LogP contribution in [0.4, 0.5) is 4.39 Å². The van der Waals surface area contributed by atoms with E-state index in [1.54, 1.807) is 6.92 Å². The Morgan fingerprint density at radius 3 is 2.53 bits per heavy atom. The maximum absolute atomic E-state index is 13.6. The van der Waals surface area contributed by atoms with E-state index in [2.05, 4.69) is 5.32 Å². The summed E-state index contributed by atoms with van der Waals surface area (Å²) in [5.41, 5.74) is 5.99. The third kappa shape index (κ3) is 4.98. The molecule has 2 fully saturated rings. The van der Waals surface area contributed by atoms with Gasteiger partial charge in [-0.05, 0) is 50.3 Å². The molecule has 2 amide bonds. The van der Waals surface area contributed by atoms with Crippen LogP contribution in [0.5, 0.6) is 0 Å². The third-order valence-electron chi connectivity index (χ3n) is 5.63. The van der Waals surface area contributed by atoms with Crippen molar-refractivity contribution in [1.29, 1.82) is 0 Å². The van der Waals surface area contributed by atoms with E-state index in [1.165, 1.54) is 23.1 Å². The number of hydrogen-bond donors (Lipinski definition) is 2. The van der Waals surface area contributed by atoms with E-state index in [1.807, 2.05) is 0 Å². The number of rotatable bonds is 6. The average molecular weight is 441 g/mol. The largest absolute Gasteiger partial charge is 0.350 e. The van der Waals surface area contributed by atoms with Crippen LogP contribution in [-0.2, 0) is 14.8 Å². The summed E-state index contributed by atoms with van der Waals surface area (Å²) in [6.07, 6.45) is 2.08. The van der Waals surface area contributed by atoms with Gasteiger partial charge in [0.2, 0.25) is 10.0 Å². The molecule has 8 nitrogen and oxygen atoms in total. The molecule has 10 heteroatoms. The molecule has 166 valence electrons. The Morgan fingerprint density at radius 2 is 1.90 bits per heavy atom. The standard InChI is InChI=1S/C20H29FN4O4S/c1-2-12-30(28,29)25-11-10-24(20(27)14-4-3-5-15(21)13-14)19(25)18(26)23-17-8-6-16(22)7-9-17/h3-5,13,16-17,19H,2,6-12,22H2,1H3,(H,23,26). The van der Waals surface area contributed by atoms with Gasteiger partial charge >= 0.3 is 0 Å². The van der Waals surface area contributed by atoms with Crippen LogP contribution in [0, 0.1) is 5.82 Å². The third-order valence-corrected chi connectivity index (χ3v) is 7.65. The summed E-state index contributed by atoms with van der Waals surface area (Å²) in [6, 6.07) is 5.16. The molecule has 0 radical (unpaired) electrons. The van der Waals surface area contributed by atoms with Crippen LogP contribution in [0.2, 0.25) is 0 Å². The molecule has 1 unspecified atom stereocenters. The van der Waals surface area contributed by atoms with Gasteiger partial charge in [0.25, 0.3) is 11.8 Å². The predicted molar refractivity (Wildman–Crippen MR) is 110 cm³/mol. The number of nitrogens with two attached hydrogens (primary N) is 1. The van der Waals surface area contributed by atoms with Crippen molar-refractivity contribution in [1.82, 2.24) is 14.5 Å². The highest BCUT2D eigenvalue weighted by atomic mass is 32.2. The predicted octanol–water partition coefficient (Wildman–Crippen LogP) is 1.04. The van der Waals surface area contributed by atoms with Crippen molar-refractivity contribution in [2.45, 2.75) is 57.3 Å². The lowest BCUT2D eigenvalue weighted by atomic mass is 9.92. The van der Waals surface area contributed by atoms with E-state index in [0.717, 1.165) is 23.2 Å². The van der Waals surface area contributed by atoms with Crippen molar-refractivity contribution >= 4 is 21.8 Å². The van der Waals surface area contributed by atoms with E-state index in [4.69, 9.17) is 5.73 Å². The number of benzene rings is 1. The topological polar surface area (TPSA) is 113 Å². The fraction of sp³-hybridized carbons (Fsp3) is 0.600. The minimum absolute atomic E-state index is 0.0248. The fourth-order valence-corrected chi connectivity index (χ4v) is 5.71. The highest BCUT2D eigenvalue weighted by Gasteiger charge is 2.46. The number of hydrogen-bond acceptors (Lipinski definition) is 5. The highest BCUT2D eigenvalue weighted by Crippen LogP contribution is 2.24. The van der Waals surface area contributed by atoms with E-state index >= 15 is 0 Å². The van der Waals surface area contributed by atoms with Gasteiger partial charge in [-0.25, -0.2) is 12.8 Å². The Kier molecular flexibility index (Phi) is 7.10. The van der Waals surface area contributed by atoms with Crippen LogP contribution in [0.15, 0.2) is 24.3 Å². The summed E-state index contributed by atoms with van der Waals surface area (Å²) in [6.45, 7) is 1.83. The van der Waals surface area contributed by atoms with Crippen LogP contribution in [0.25, 0.3) is 0 Å². The molecule has 1 saturated heterocycles. The van der Waals surface area contributed by atoms with Crippen molar-refractivity contribution in [2.24, 2.45) is 5.73 Å². The Labute approximate surface area is 176 Å². The van der Waals surface area contributed by atoms with Crippen LogP contribution in [0.1, 0.15) is 49.4 Å². The van der Waals surface area contributed by atoms with Crippen molar-refractivity contribution in [3.63, 3.8) is 0 Å². The molecule has 1 aromatic carbocycles. The van der Waals surface area contributed by atoms with Gasteiger partial charge in [-0.3, -0.25) is 9.59 Å². The molecular formula is C20H29FN4O4S. The highest BCUT2D eigenvalue weighted by molar-refractivity contribution is 7.89. The first-order valence-corrected chi connectivity index (χ1v) is 12.0. The van der Waals surface area contributed by atoms with Crippen molar-refractivity contribution in [3.8, 4) is 0 Å². The van der Waals surface area contributed by atoms with Gasteiger partial charge < -0.3 is 16.0 Å². The van der Waals surface area contributed by atoms with Gasteiger partial charge in [-0.2, -0.15) is 4.31 Å². The fourth-order valence-electron chi connectivity index (χ4n) is 4.08. The normalized spacial score (nSPS) is 25.3. The molecule has 0 spiro atoms. The van der Waals surface area contributed by atoms with Gasteiger partial charge in [0.15, 0.2) is 6.17 Å². The second kappa shape index (κ2) is 9.40. The van der Waals surface area contributed by atoms with Crippen molar-refractivity contribution in [2.75, 3.05) is 18.8 Å². The van der Waals surface area contributed by atoms with Gasteiger partial charge in [0.1, 0.15) is 5.82 Å². The molecule has 1 aliphatic heterocycles. The van der Waals surface area contributed by atoms with E-state index < -0.39 is 33.8 Å². The molecule has 3 rings (SSSR count). The minimum Gasteiger partial charge on any atom is -0.350 e. The van der Waals surface area contributed by atoms with Crippen LogP contribution in [-0.4, -0.2) is 66.5 Å². The Bertz CT molecular complexity index is 887. The van der Waals surface area contributed by atoms with Crippen molar-refractivity contribution < 1.29 is 22.4 Å². The SMILES string of the molecule is CCCS(=O)(=O)N1CCN(C(=O)c2cccc(F)c2)C1C(=O)NC1CCC(N)CC1. The molecule has 1 aliphatic carbocycles. The van der Waals surface area contributed by atoms with Gasteiger partial charge in [-0.1, -0.05) is 13.0 Å². The first kappa shape index (κ1) is 22.6. The van der Waals surface area contributed by atoms with Crippen LogP contribution in [0.3, 0.4) is 0 Å². The lowest BCUT2D eigenvalue weighted by molar-refractivity contribution is -0.128. The maximum atomic E-state index is 13.6. The van der Waals surface area contributed by atoms with Gasteiger partial charge in [0, 0.05) is 30.7 Å². The van der Waals surface area contributed by atoms with Gasteiger partial charge in [-0.15, -0.1) is 0 Å². The number of sulfonamides is 1. The molecule has 0 aromatic heterocycles. The lowest BCUT2D eigenvalue weighted by Crippen LogP contribution is -2.56. The van der Waals surface area contributed by atoms with E-state index in [0.29, 0.717) is 19.3 Å². The first-order valence-electron chi connectivity index (χ1n) is 10.3. The summed E-state index contributed by atoms with van der Waals surface area (Å²) >= 11 is 0. The second-order valence-electron chi connectivity index (χ2n) is 7.93. The lowest BCUT2D eigenvalue weighted by Gasteiger charge is -2.32. The van der Waals surface area contributed by atoms with E-state index in [9.17, 15) is 22.4 Å². The molecule has 2 aliphatic rings. The Hall–Kier alpha value is -2.04. The second-order valence-corrected chi connectivity index (χ2v) is 9.97. The summed E-state index contributed by atoms with van der Waals surface area (Å²) in [5, 5.41) is 2.90. The quantitative estimate of drug-likeness (QED) is 0.686. The summed E-state index contributed by atoms with van der Waals surface area (Å²) in [7, 11) is -3.73. The number of carbonyl (C=O) groups excluding carboxylic acids is 2. The van der Waals surface area contributed by atoms with Crippen LogP contribution < -0.4 is 11.1 Å². The number of nitrogens with one attached hydrogen (secondary N) is 1. The molecule has 3 N–H and O–H groups in total. The Morgan fingerprint density at radius 1 is 1.20 bits per heavy atom. The minimum atomic E-state index is -3.73. The van der Waals surface area contributed by atoms with Crippen LogP contribution >= 0.6 is 0 Å². The maximum Gasteiger partial charge on any atom is 0.259 e. The smallest absolute Gasteiger partial charge is 0.259 e. The molecular weight excluding hydrogens is 411 g/mol. The molecule has 1 heterocycles. The number of halogens is 1. The number of amides is 2. The molecule has 0 bridgehead atoms. The molecule has 1 atom stereocenters. The number of carbonyl (C=O) groups is 2. The van der Waals surface area contributed by atoms with E-state index in [-0.39, 0.29) is 36.5 Å².